The van der Waals surface area contributed by atoms with Crippen LogP contribution in [0.15, 0.2) is 30.3 Å². The molecule has 5 heteroatoms. The standard InChI is InChI=1S/C31H42N4O/c1-20(2)30-27-17-25(8-9-28(27)33-31(30)26-15-22(4)32-23(5)16-26)24-10-13-34(14-11-24)19-29(36)35-12-6-7-21(3)18-35/h8-9,15-17,20-21,24,33H,6-7,10-14,18-19H2,1-5H3. The summed E-state index contributed by atoms with van der Waals surface area (Å²) in [6.07, 6.45) is 4.64. The normalized spacial score (nSPS) is 19.9. The molecule has 192 valence electrons. The summed E-state index contributed by atoms with van der Waals surface area (Å²) in [6.45, 7) is 15.4. The molecule has 0 bridgehead atoms. The van der Waals surface area contributed by atoms with Crippen molar-refractivity contribution in [1.82, 2.24) is 19.8 Å². The fourth-order valence-electron chi connectivity index (χ4n) is 6.42. The Labute approximate surface area is 216 Å². The molecule has 2 saturated heterocycles. The van der Waals surface area contributed by atoms with Crippen molar-refractivity contribution >= 4 is 16.8 Å². The highest BCUT2D eigenvalue weighted by atomic mass is 16.2. The van der Waals surface area contributed by atoms with Crippen LogP contribution in [0.5, 0.6) is 0 Å². The van der Waals surface area contributed by atoms with E-state index in [1.54, 1.807) is 0 Å². The first kappa shape index (κ1) is 25.0. The summed E-state index contributed by atoms with van der Waals surface area (Å²) < 4.78 is 0. The molecule has 2 aromatic heterocycles. The Morgan fingerprint density at radius 3 is 2.44 bits per heavy atom. The summed E-state index contributed by atoms with van der Waals surface area (Å²) >= 11 is 0. The third-order valence-electron chi connectivity index (χ3n) is 8.24. The van der Waals surface area contributed by atoms with Crippen molar-refractivity contribution < 1.29 is 4.79 Å². The molecule has 3 aromatic rings. The number of amides is 1. The molecule has 0 spiro atoms. The third-order valence-corrected chi connectivity index (χ3v) is 8.24. The monoisotopic (exact) mass is 486 g/mol. The molecule has 1 unspecified atom stereocenters. The van der Waals surface area contributed by atoms with Crippen LogP contribution >= 0.6 is 0 Å². The number of carbonyl (C=O) groups is 1. The molecule has 36 heavy (non-hydrogen) atoms. The number of hydrogen-bond acceptors (Lipinski definition) is 3. The number of aromatic amines is 1. The highest BCUT2D eigenvalue weighted by Crippen LogP contribution is 2.38. The van der Waals surface area contributed by atoms with Gasteiger partial charge in [0, 0.05) is 40.9 Å². The molecular weight excluding hydrogens is 444 g/mol. The first-order valence-electron chi connectivity index (χ1n) is 13.9. The Balaban J connectivity index is 1.32. The van der Waals surface area contributed by atoms with Crippen molar-refractivity contribution in [3.63, 3.8) is 0 Å². The Hall–Kier alpha value is -2.66. The number of rotatable bonds is 5. The summed E-state index contributed by atoms with van der Waals surface area (Å²) in [6, 6.07) is 11.4. The van der Waals surface area contributed by atoms with Crippen LogP contribution in [-0.4, -0.2) is 58.4 Å². The number of hydrogen-bond donors (Lipinski definition) is 1. The maximum Gasteiger partial charge on any atom is 0.236 e. The average Bonchev–Trinajstić information content (AvgIpc) is 3.23. The minimum atomic E-state index is 0.324. The summed E-state index contributed by atoms with van der Waals surface area (Å²) in [4.78, 5) is 25.6. The number of aromatic nitrogens is 2. The number of fused-ring (bicyclic) bond motifs is 1. The second-order valence-corrected chi connectivity index (χ2v) is 11.6. The molecule has 2 fully saturated rings. The molecule has 4 heterocycles. The van der Waals surface area contributed by atoms with E-state index in [4.69, 9.17) is 0 Å². The highest BCUT2D eigenvalue weighted by molar-refractivity contribution is 5.92. The van der Waals surface area contributed by atoms with Gasteiger partial charge in [0.05, 0.1) is 12.2 Å². The number of benzene rings is 1. The van der Waals surface area contributed by atoms with Crippen molar-refractivity contribution in [1.29, 1.82) is 0 Å². The zero-order chi connectivity index (χ0) is 25.4. The van der Waals surface area contributed by atoms with Crippen LogP contribution in [0.2, 0.25) is 0 Å². The summed E-state index contributed by atoms with van der Waals surface area (Å²) in [5.41, 5.74) is 8.61. The van der Waals surface area contributed by atoms with Crippen molar-refractivity contribution in [3.05, 3.63) is 52.8 Å². The zero-order valence-electron chi connectivity index (χ0n) is 22.7. The Bertz CT molecular complexity index is 1210. The minimum absolute atomic E-state index is 0.324. The van der Waals surface area contributed by atoms with Crippen LogP contribution in [0.1, 0.15) is 80.8 Å². The van der Waals surface area contributed by atoms with Crippen LogP contribution in [0.4, 0.5) is 0 Å². The fourth-order valence-corrected chi connectivity index (χ4v) is 6.42. The Kier molecular flexibility index (Phi) is 7.21. The van der Waals surface area contributed by atoms with E-state index >= 15 is 0 Å². The van der Waals surface area contributed by atoms with Gasteiger partial charge in [-0.1, -0.05) is 26.8 Å². The van der Waals surface area contributed by atoms with E-state index in [2.05, 4.69) is 84.7 Å². The van der Waals surface area contributed by atoms with Gasteiger partial charge in [0.1, 0.15) is 0 Å². The van der Waals surface area contributed by atoms with Gasteiger partial charge in [0.25, 0.3) is 0 Å². The second-order valence-electron chi connectivity index (χ2n) is 11.6. The highest BCUT2D eigenvalue weighted by Gasteiger charge is 2.27. The number of pyridine rings is 1. The third kappa shape index (κ3) is 5.22. The first-order chi connectivity index (χ1) is 17.3. The van der Waals surface area contributed by atoms with Gasteiger partial charge in [-0.2, -0.15) is 0 Å². The predicted molar refractivity (Wildman–Crippen MR) is 148 cm³/mol. The molecule has 0 radical (unpaired) electrons. The number of aryl methyl sites for hydroxylation is 2. The van der Waals surface area contributed by atoms with Crippen LogP contribution in [0, 0.1) is 19.8 Å². The lowest BCUT2D eigenvalue weighted by molar-refractivity contribution is -0.134. The summed E-state index contributed by atoms with van der Waals surface area (Å²) in [7, 11) is 0. The molecule has 1 N–H and O–H groups in total. The molecule has 2 aliphatic rings. The summed E-state index contributed by atoms with van der Waals surface area (Å²) in [5, 5.41) is 1.35. The minimum Gasteiger partial charge on any atom is -0.354 e. The van der Waals surface area contributed by atoms with Gasteiger partial charge >= 0.3 is 0 Å². The molecule has 2 aliphatic heterocycles. The van der Waals surface area contributed by atoms with Crippen LogP contribution in [0.25, 0.3) is 22.2 Å². The van der Waals surface area contributed by atoms with Gasteiger partial charge in [-0.15, -0.1) is 0 Å². The van der Waals surface area contributed by atoms with Crippen LogP contribution in [0.3, 0.4) is 0 Å². The zero-order valence-corrected chi connectivity index (χ0v) is 22.7. The number of H-pyrrole nitrogens is 1. The van der Waals surface area contributed by atoms with Gasteiger partial charge in [-0.25, -0.2) is 0 Å². The maximum absolute atomic E-state index is 12.8. The maximum atomic E-state index is 12.8. The number of nitrogens with one attached hydrogen (secondary N) is 1. The molecule has 1 aromatic carbocycles. The SMILES string of the molecule is Cc1cc(-c2[nH]c3ccc(C4CCN(CC(=O)N5CCCC(C)C5)CC4)cc3c2C(C)C)cc(C)n1. The van der Waals surface area contributed by atoms with E-state index in [-0.39, 0.29) is 0 Å². The van der Waals surface area contributed by atoms with Crippen molar-refractivity contribution in [2.45, 2.75) is 72.1 Å². The molecule has 5 nitrogen and oxygen atoms in total. The molecule has 0 aliphatic carbocycles. The topological polar surface area (TPSA) is 52.2 Å². The number of nitrogens with zero attached hydrogens (tertiary/aromatic N) is 3. The lowest BCUT2D eigenvalue weighted by Crippen LogP contribution is -2.46. The van der Waals surface area contributed by atoms with E-state index in [1.807, 2.05) is 0 Å². The van der Waals surface area contributed by atoms with E-state index in [0.29, 0.717) is 30.2 Å². The molecular formula is C31H42N4O. The molecule has 1 amide bonds. The van der Waals surface area contributed by atoms with Gasteiger partial charge in [-0.3, -0.25) is 14.7 Å². The lowest BCUT2D eigenvalue weighted by atomic mass is 9.87. The Morgan fingerprint density at radius 1 is 1.06 bits per heavy atom. The average molecular weight is 487 g/mol. The quantitative estimate of drug-likeness (QED) is 0.453. The largest absolute Gasteiger partial charge is 0.354 e. The van der Waals surface area contributed by atoms with Gasteiger partial charge < -0.3 is 9.88 Å². The van der Waals surface area contributed by atoms with E-state index in [9.17, 15) is 4.79 Å². The summed E-state index contributed by atoms with van der Waals surface area (Å²) in [5.74, 6) is 1.94. The van der Waals surface area contributed by atoms with Crippen molar-refractivity contribution in [2.24, 2.45) is 5.92 Å². The Morgan fingerprint density at radius 2 is 1.78 bits per heavy atom. The van der Waals surface area contributed by atoms with E-state index < -0.39 is 0 Å². The van der Waals surface area contributed by atoms with Crippen LogP contribution < -0.4 is 0 Å². The van der Waals surface area contributed by atoms with Gasteiger partial charge in [-0.05, 0) is 106 Å². The smallest absolute Gasteiger partial charge is 0.236 e. The fraction of sp³-hybridized carbons (Fsp3) is 0.548. The van der Waals surface area contributed by atoms with Gasteiger partial charge in [0.15, 0.2) is 0 Å². The van der Waals surface area contributed by atoms with Crippen LogP contribution in [-0.2, 0) is 4.79 Å². The number of piperidine rings is 2. The molecule has 1 atom stereocenters. The number of likely N-dealkylation sites (tertiary alicyclic amines) is 2. The number of carbonyl (C=O) groups excluding carboxylic acids is 1. The molecule has 5 rings (SSSR count). The van der Waals surface area contributed by atoms with Crippen molar-refractivity contribution in [2.75, 3.05) is 32.7 Å². The second kappa shape index (κ2) is 10.4. The van der Waals surface area contributed by atoms with Crippen molar-refractivity contribution in [3.8, 4) is 11.3 Å². The van der Waals surface area contributed by atoms with Gasteiger partial charge in [0.2, 0.25) is 5.91 Å². The predicted octanol–water partition coefficient (Wildman–Crippen LogP) is 6.41. The van der Waals surface area contributed by atoms with E-state index in [0.717, 1.165) is 56.8 Å². The van der Waals surface area contributed by atoms with E-state index in [1.165, 1.54) is 39.7 Å². The lowest BCUT2D eigenvalue weighted by Gasteiger charge is -2.35. The first-order valence-corrected chi connectivity index (χ1v) is 13.9. The molecule has 0 saturated carbocycles.